The molecule has 2 heterocycles. The monoisotopic (exact) mass is 249 g/mol. The molecule has 1 atom stereocenters. The highest BCUT2D eigenvalue weighted by Crippen LogP contribution is 2.21. The Labute approximate surface area is 109 Å². The van der Waals surface area contributed by atoms with Crippen LogP contribution in [0, 0.1) is 5.92 Å². The third-order valence-corrected chi connectivity index (χ3v) is 3.50. The molecule has 1 aliphatic heterocycles. The van der Waals surface area contributed by atoms with Crippen LogP contribution in [0.15, 0.2) is 18.3 Å². The smallest absolute Gasteiger partial charge is 0.125 e. The summed E-state index contributed by atoms with van der Waals surface area (Å²) in [6, 6.07) is 4.18. The fraction of sp³-hybridized carbons (Fsp3) is 0.643. The largest absolute Gasteiger partial charge is 0.396 e. The van der Waals surface area contributed by atoms with Gasteiger partial charge in [0, 0.05) is 32.4 Å². The van der Waals surface area contributed by atoms with Gasteiger partial charge in [-0.15, -0.1) is 0 Å². The lowest BCUT2D eigenvalue weighted by molar-refractivity contribution is 0.249. The molecule has 1 aromatic heterocycles. The maximum Gasteiger partial charge on any atom is 0.125 e. The first-order valence-corrected chi connectivity index (χ1v) is 6.84. The lowest BCUT2D eigenvalue weighted by Crippen LogP contribution is -2.20. The van der Waals surface area contributed by atoms with E-state index in [9.17, 15) is 0 Å². The molecule has 1 saturated heterocycles. The minimum absolute atomic E-state index is 0.317. The van der Waals surface area contributed by atoms with Gasteiger partial charge in [-0.1, -0.05) is 6.07 Å². The number of aliphatic hydroxyl groups excluding tert-OH is 1. The van der Waals surface area contributed by atoms with Gasteiger partial charge in [-0.25, -0.2) is 4.98 Å². The summed E-state index contributed by atoms with van der Waals surface area (Å²) in [5, 5.41) is 12.1. The Kier molecular flexibility index (Phi) is 4.96. The first-order valence-electron chi connectivity index (χ1n) is 6.84. The van der Waals surface area contributed by atoms with Crippen LogP contribution >= 0.6 is 0 Å². The van der Waals surface area contributed by atoms with Gasteiger partial charge in [0.2, 0.25) is 0 Å². The van der Waals surface area contributed by atoms with Gasteiger partial charge in [0.25, 0.3) is 0 Å². The zero-order chi connectivity index (χ0) is 12.8. The van der Waals surface area contributed by atoms with Crippen LogP contribution in [-0.4, -0.2) is 41.2 Å². The highest BCUT2D eigenvalue weighted by atomic mass is 16.3. The average molecular weight is 249 g/mol. The molecule has 4 nitrogen and oxygen atoms in total. The van der Waals surface area contributed by atoms with E-state index in [2.05, 4.69) is 28.2 Å². The van der Waals surface area contributed by atoms with E-state index >= 15 is 0 Å². The molecule has 0 aromatic carbocycles. The Bertz CT molecular complexity index is 353. The summed E-state index contributed by atoms with van der Waals surface area (Å²) in [7, 11) is 0. The molecular weight excluding hydrogens is 226 g/mol. The summed E-state index contributed by atoms with van der Waals surface area (Å²) in [6.07, 6.45) is 4.11. The number of nitrogens with zero attached hydrogens (tertiary/aromatic N) is 2. The minimum Gasteiger partial charge on any atom is -0.396 e. The van der Waals surface area contributed by atoms with Crippen molar-refractivity contribution in [1.29, 1.82) is 0 Å². The molecule has 0 radical (unpaired) electrons. The number of nitrogens with one attached hydrogen (secondary N) is 1. The molecule has 1 aliphatic rings. The van der Waals surface area contributed by atoms with Gasteiger partial charge in [-0.2, -0.15) is 0 Å². The molecule has 1 fully saturated rings. The lowest BCUT2D eigenvalue weighted by Gasteiger charge is -2.15. The second-order valence-corrected chi connectivity index (χ2v) is 4.98. The Morgan fingerprint density at radius 2 is 2.39 bits per heavy atom. The predicted octanol–water partition coefficient (Wildman–Crippen LogP) is 1.72. The third kappa shape index (κ3) is 3.68. The molecule has 0 spiro atoms. The number of anilines is 1. The first-order chi connectivity index (χ1) is 8.81. The molecule has 4 heteroatoms. The number of aromatic nitrogens is 1. The lowest BCUT2D eigenvalue weighted by atomic mass is 10.1. The number of rotatable bonds is 6. The van der Waals surface area contributed by atoms with Crippen LogP contribution in [0.1, 0.15) is 25.3 Å². The summed E-state index contributed by atoms with van der Waals surface area (Å²) in [5.41, 5.74) is 1.27. The van der Waals surface area contributed by atoms with Gasteiger partial charge in [0.15, 0.2) is 0 Å². The highest BCUT2D eigenvalue weighted by Gasteiger charge is 2.21. The Hall–Kier alpha value is -1.13. The van der Waals surface area contributed by atoms with Crippen LogP contribution in [0.3, 0.4) is 0 Å². The van der Waals surface area contributed by atoms with Gasteiger partial charge < -0.3 is 10.4 Å². The van der Waals surface area contributed by atoms with Crippen LogP contribution in [0.4, 0.5) is 5.82 Å². The van der Waals surface area contributed by atoms with Gasteiger partial charge in [0.1, 0.15) is 5.82 Å². The van der Waals surface area contributed by atoms with E-state index < -0.39 is 0 Å². The fourth-order valence-corrected chi connectivity index (χ4v) is 2.54. The van der Waals surface area contributed by atoms with Gasteiger partial charge in [-0.05, 0) is 43.9 Å². The third-order valence-electron chi connectivity index (χ3n) is 3.50. The van der Waals surface area contributed by atoms with E-state index in [1.807, 2.05) is 12.3 Å². The van der Waals surface area contributed by atoms with E-state index in [1.165, 1.54) is 12.0 Å². The summed E-state index contributed by atoms with van der Waals surface area (Å²) in [6.45, 7) is 6.51. The quantitative estimate of drug-likeness (QED) is 0.806. The molecule has 0 bridgehead atoms. The number of hydrogen-bond acceptors (Lipinski definition) is 4. The van der Waals surface area contributed by atoms with Gasteiger partial charge in [0.05, 0.1) is 0 Å². The predicted molar refractivity (Wildman–Crippen MR) is 73.5 cm³/mol. The van der Waals surface area contributed by atoms with E-state index in [0.717, 1.165) is 38.4 Å². The van der Waals surface area contributed by atoms with Crippen LogP contribution < -0.4 is 5.32 Å². The van der Waals surface area contributed by atoms with Crippen molar-refractivity contribution in [2.45, 2.75) is 26.3 Å². The second kappa shape index (κ2) is 6.71. The summed E-state index contributed by atoms with van der Waals surface area (Å²) < 4.78 is 0. The van der Waals surface area contributed by atoms with E-state index in [0.29, 0.717) is 12.5 Å². The molecular formula is C14H23N3O. The molecule has 1 unspecified atom stereocenters. The molecule has 1 aromatic rings. The van der Waals surface area contributed by atoms with Crippen molar-refractivity contribution in [2.24, 2.45) is 5.92 Å². The van der Waals surface area contributed by atoms with Crippen molar-refractivity contribution < 1.29 is 5.11 Å². The molecule has 18 heavy (non-hydrogen) atoms. The van der Waals surface area contributed by atoms with Crippen LogP contribution in [0.2, 0.25) is 0 Å². The average Bonchev–Trinajstić information content (AvgIpc) is 2.80. The standard InChI is InChI=1S/C14H23N3O/c1-2-15-14-4-3-13(9-16-14)11-17-7-5-12(10-17)6-8-18/h3-4,9,12,18H,2,5-8,10-11H2,1H3,(H,15,16). The summed E-state index contributed by atoms with van der Waals surface area (Å²) >= 11 is 0. The molecule has 100 valence electrons. The summed E-state index contributed by atoms with van der Waals surface area (Å²) in [5.74, 6) is 1.62. The van der Waals surface area contributed by atoms with Crippen molar-refractivity contribution in [3.05, 3.63) is 23.9 Å². The van der Waals surface area contributed by atoms with E-state index in [4.69, 9.17) is 5.11 Å². The van der Waals surface area contributed by atoms with Crippen molar-refractivity contribution in [2.75, 3.05) is 31.6 Å². The first kappa shape index (κ1) is 13.3. The summed E-state index contributed by atoms with van der Waals surface area (Å²) in [4.78, 5) is 6.84. The van der Waals surface area contributed by atoms with Crippen LogP contribution in [0.5, 0.6) is 0 Å². The van der Waals surface area contributed by atoms with Gasteiger partial charge >= 0.3 is 0 Å². The topological polar surface area (TPSA) is 48.4 Å². The molecule has 0 amide bonds. The van der Waals surface area contributed by atoms with Crippen LogP contribution in [0.25, 0.3) is 0 Å². The Balaban J connectivity index is 1.82. The number of aliphatic hydroxyl groups is 1. The SMILES string of the molecule is CCNc1ccc(CN2CCC(CCO)C2)cn1. The zero-order valence-electron chi connectivity index (χ0n) is 11.1. The second-order valence-electron chi connectivity index (χ2n) is 4.98. The number of pyridine rings is 1. The Morgan fingerprint density at radius 1 is 1.50 bits per heavy atom. The Morgan fingerprint density at radius 3 is 3.06 bits per heavy atom. The molecule has 2 N–H and O–H groups in total. The van der Waals surface area contributed by atoms with Crippen LogP contribution in [-0.2, 0) is 6.54 Å². The van der Waals surface area contributed by atoms with Gasteiger partial charge in [-0.3, -0.25) is 4.90 Å². The molecule has 0 aliphatic carbocycles. The molecule has 2 rings (SSSR count). The number of hydrogen-bond donors (Lipinski definition) is 2. The minimum atomic E-state index is 0.317. The fourth-order valence-electron chi connectivity index (χ4n) is 2.54. The van der Waals surface area contributed by atoms with Crippen molar-refractivity contribution in [3.63, 3.8) is 0 Å². The number of likely N-dealkylation sites (tertiary alicyclic amines) is 1. The van der Waals surface area contributed by atoms with E-state index in [-0.39, 0.29) is 0 Å². The molecule has 0 saturated carbocycles. The maximum absolute atomic E-state index is 8.95. The normalized spacial score (nSPS) is 20.2. The van der Waals surface area contributed by atoms with Crippen molar-refractivity contribution in [1.82, 2.24) is 9.88 Å². The van der Waals surface area contributed by atoms with Crippen molar-refractivity contribution >= 4 is 5.82 Å². The maximum atomic E-state index is 8.95. The highest BCUT2D eigenvalue weighted by molar-refractivity contribution is 5.35. The van der Waals surface area contributed by atoms with E-state index in [1.54, 1.807) is 0 Å². The zero-order valence-corrected chi connectivity index (χ0v) is 11.1. The van der Waals surface area contributed by atoms with Crippen molar-refractivity contribution in [3.8, 4) is 0 Å².